The molecule has 1 N–H and O–H groups in total. The van der Waals surface area contributed by atoms with E-state index >= 15 is 0 Å². The van der Waals surface area contributed by atoms with E-state index in [9.17, 15) is 0 Å². The second kappa shape index (κ2) is 7.71. The van der Waals surface area contributed by atoms with Gasteiger partial charge in [-0.1, -0.05) is 19.4 Å². The van der Waals surface area contributed by atoms with Gasteiger partial charge in [-0.3, -0.25) is 9.66 Å². The highest BCUT2D eigenvalue weighted by atomic mass is 32.1. The first-order valence-corrected chi connectivity index (χ1v) is 10.0. The van der Waals surface area contributed by atoms with Crippen molar-refractivity contribution in [2.75, 3.05) is 6.54 Å². The lowest BCUT2D eigenvalue weighted by atomic mass is 9.96. The zero-order chi connectivity index (χ0) is 19.7. The van der Waals surface area contributed by atoms with Gasteiger partial charge in [0.25, 0.3) is 0 Å². The maximum atomic E-state index is 5.73. The molecule has 0 radical (unpaired) electrons. The maximum absolute atomic E-state index is 5.73. The molecular weight excluding hydrogens is 370 g/mol. The lowest BCUT2D eigenvalue weighted by Crippen LogP contribution is -2.30. The van der Waals surface area contributed by atoms with Crippen LogP contribution in [0.3, 0.4) is 0 Å². The zero-order valence-corrected chi connectivity index (χ0v) is 17.2. The van der Waals surface area contributed by atoms with Crippen LogP contribution in [0, 0.1) is 13.8 Å². The molecule has 1 aliphatic rings. The molecule has 1 fully saturated rings. The van der Waals surface area contributed by atoms with Crippen LogP contribution in [0.5, 0.6) is 0 Å². The Kier molecular flexibility index (Phi) is 5.13. The smallest absolute Gasteiger partial charge is 0.170 e. The number of thiocarbonyl (C=S) groups is 1. The van der Waals surface area contributed by atoms with Crippen molar-refractivity contribution in [1.29, 1.82) is 0 Å². The standard InChI is InChI=1S/C20H25N7S/c1-4-5-10-26-19(18(24-20(26)28)17-8-6-7-9-21-17)16-11-14(2)27(15(16)3)25-12-22-23-13-25/h6-9,11-13,18-19H,4-5,10H2,1-3H3,(H,24,28)/t18-,19+/m1/s1. The number of pyridine rings is 1. The summed E-state index contributed by atoms with van der Waals surface area (Å²) >= 11 is 5.73. The molecule has 0 aliphatic carbocycles. The van der Waals surface area contributed by atoms with Gasteiger partial charge >= 0.3 is 0 Å². The van der Waals surface area contributed by atoms with Gasteiger partial charge in [0, 0.05) is 29.7 Å². The van der Waals surface area contributed by atoms with Crippen molar-refractivity contribution < 1.29 is 0 Å². The Morgan fingerprint density at radius 2 is 1.96 bits per heavy atom. The SMILES string of the molecule is CCCCN1C(=S)N[C@H](c2ccccn2)[C@@H]1c1cc(C)n(-n2cnnc2)c1C. The number of aromatic nitrogens is 5. The van der Waals surface area contributed by atoms with Gasteiger partial charge in [-0.15, -0.1) is 10.2 Å². The number of nitrogens with zero attached hydrogens (tertiary/aromatic N) is 6. The molecule has 3 aromatic heterocycles. The molecule has 1 aliphatic heterocycles. The lowest BCUT2D eigenvalue weighted by Gasteiger charge is -2.28. The summed E-state index contributed by atoms with van der Waals surface area (Å²) in [5.41, 5.74) is 4.52. The van der Waals surface area contributed by atoms with Gasteiger partial charge in [-0.05, 0) is 50.7 Å². The second-order valence-electron chi connectivity index (χ2n) is 7.15. The molecule has 3 aromatic rings. The normalized spacial score (nSPS) is 19.2. The largest absolute Gasteiger partial charge is 0.352 e. The van der Waals surface area contributed by atoms with Gasteiger partial charge < -0.3 is 10.2 Å². The van der Waals surface area contributed by atoms with E-state index in [4.69, 9.17) is 12.2 Å². The Morgan fingerprint density at radius 1 is 1.18 bits per heavy atom. The molecule has 0 spiro atoms. The van der Waals surface area contributed by atoms with Gasteiger partial charge in [0.2, 0.25) is 0 Å². The van der Waals surface area contributed by atoms with E-state index in [0.29, 0.717) is 0 Å². The molecule has 146 valence electrons. The number of unbranched alkanes of at least 4 members (excludes halogenated alkanes) is 1. The van der Waals surface area contributed by atoms with Crippen LogP contribution in [0.2, 0.25) is 0 Å². The number of hydrogen-bond acceptors (Lipinski definition) is 4. The summed E-state index contributed by atoms with van der Waals surface area (Å²) in [6.07, 6.45) is 7.49. The van der Waals surface area contributed by atoms with Crippen LogP contribution in [0.25, 0.3) is 0 Å². The van der Waals surface area contributed by atoms with Crippen LogP contribution in [0.1, 0.15) is 54.5 Å². The first-order valence-electron chi connectivity index (χ1n) is 9.64. The fourth-order valence-corrected chi connectivity index (χ4v) is 4.38. The van der Waals surface area contributed by atoms with Crippen LogP contribution < -0.4 is 5.32 Å². The van der Waals surface area contributed by atoms with E-state index in [-0.39, 0.29) is 12.1 Å². The molecular formula is C20H25N7S. The number of rotatable bonds is 6. The minimum Gasteiger partial charge on any atom is -0.352 e. The molecule has 28 heavy (non-hydrogen) atoms. The first-order chi connectivity index (χ1) is 13.6. The molecule has 4 heterocycles. The number of hydrogen-bond donors (Lipinski definition) is 1. The van der Waals surface area contributed by atoms with Crippen LogP contribution in [0.4, 0.5) is 0 Å². The predicted molar refractivity (Wildman–Crippen MR) is 112 cm³/mol. The van der Waals surface area contributed by atoms with Crippen LogP contribution >= 0.6 is 12.2 Å². The van der Waals surface area contributed by atoms with Crippen molar-refractivity contribution in [1.82, 2.24) is 34.8 Å². The van der Waals surface area contributed by atoms with Crippen molar-refractivity contribution in [3.8, 4) is 0 Å². The van der Waals surface area contributed by atoms with Crippen molar-refractivity contribution in [3.63, 3.8) is 0 Å². The summed E-state index contributed by atoms with van der Waals surface area (Å²) < 4.78 is 4.03. The first kappa shape index (κ1) is 18.6. The third-order valence-electron chi connectivity index (χ3n) is 5.34. The van der Waals surface area contributed by atoms with E-state index in [1.54, 1.807) is 12.7 Å². The summed E-state index contributed by atoms with van der Waals surface area (Å²) in [5, 5.41) is 12.2. The van der Waals surface area contributed by atoms with Crippen molar-refractivity contribution in [3.05, 3.63) is 65.8 Å². The van der Waals surface area contributed by atoms with Crippen molar-refractivity contribution in [2.45, 2.75) is 45.7 Å². The van der Waals surface area contributed by atoms with Gasteiger partial charge in [0.15, 0.2) is 5.11 Å². The minimum absolute atomic E-state index is 0.0143. The van der Waals surface area contributed by atoms with Crippen LogP contribution in [-0.2, 0) is 0 Å². The molecule has 8 heteroatoms. The summed E-state index contributed by atoms with van der Waals surface area (Å²) in [6.45, 7) is 7.36. The molecule has 4 rings (SSSR count). The van der Waals surface area contributed by atoms with Crippen molar-refractivity contribution in [2.24, 2.45) is 0 Å². The van der Waals surface area contributed by atoms with Crippen molar-refractivity contribution >= 4 is 17.3 Å². The summed E-state index contributed by atoms with van der Waals surface area (Å²) in [4.78, 5) is 6.93. The second-order valence-corrected chi connectivity index (χ2v) is 7.54. The Labute approximate surface area is 170 Å². The average molecular weight is 396 g/mol. The van der Waals surface area contributed by atoms with E-state index in [0.717, 1.165) is 41.6 Å². The summed E-state index contributed by atoms with van der Waals surface area (Å²) in [6, 6.07) is 8.38. The van der Waals surface area contributed by atoms with Gasteiger partial charge in [-0.2, -0.15) is 0 Å². The zero-order valence-electron chi connectivity index (χ0n) is 16.4. The molecule has 2 atom stereocenters. The highest BCUT2D eigenvalue weighted by molar-refractivity contribution is 7.80. The van der Waals surface area contributed by atoms with Crippen LogP contribution in [0.15, 0.2) is 43.1 Å². The average Bonchev–Trinajstić information content (AvgIpc) is 3.39. The number of nitrogens with one attached hydrogen (secondary N) is 1. The Morgan fingerprint density at radius 3 is 2.64 bits per heavy atom. The lowest BCUT2D eigenvalue weighted by molar-refractivity contribution is 0.311. The monoisotopic (exact) mass is 395 g/mol. The molecule has 0 saturated carbocycles. The highest BCUT2D eigenvalue weighted by Gasteiger charge is 2.41. The molecule has 0 unspecified atom stereocenters. The maximum Gasteiger partial charge on any atom is 0.170 e. The minimum atomic E-state index is 0.0143. The highest BCUT2D eigenvalue weighted by Crippen LogP contribution is 2.40. The summed E-state index contributed by atoms with van der Waals surface area (Å²) in [7, 11) is 0. The molecule has 0 aromatic carbocycles. The van der Waals surface area contributed by atoms with Gasteiger partial charge in [0.1, 0.15) is 12.7 Å². The number of aryl methyl sites for hydroxylation is 1. The van der Waals surface area contributed by atoms with Gasteiger partial charge in [-0.25, -0.2) is 4.68 Å². The molecule has 7 nitrogen and oxygen atoms in total. The quantitative estimate of drug-likeness (QED) is 0.647. The van der Waals surface area contributed by atoms with E-state index < -0.39 is 0 Å². The van der Waals surface area contributed by atoms with E-state index in [1.165, 1.54) is 5.56 Å². The Bertz CT molecular complexity index is 949. The topological polar surface area (TPSA) is 63.8 Å². The van der Waals surface area contributed by atoms with E-state index in [2.05, 4.69) is 63.0 Å². The molecule has 0 bridgehead atoms. The van der Waals surface area contributed by atoms with Gasteiger partial charge in [0.05, 0.1) is 17.8 Å². The Hall–Kier alpha value is -2.74. The predicted octanol–water partition coefficient (Wildman–Crippen LogP) is 3.18. The molecule has 1 saturated heterocycles. The van der Waals surface area contributed by atoms with Crippen LogP contribution in [-0.4, -0.2) is 41.1 Å². The third-order valence-corrected chi connectivity index (χ3v) is 5.69. The summed E-state index contributed by atoms with van der Waals surface area (Å²) in [5.74, 6) is 0. The van der Waals surface area contributed by atoms with E-state index in [1.807, 2.05) is 23.0 Å². The fraction of sp³-hybridized carbons (Fsp3) is 0.400. The Balaban J connectivity index is 1.81. The fourth-order valence-electron chi connectivity index (χ4n) is 4.04. The third kappa shape index (κ3) is 3.17. The molecule has 0 amide bonds.